The van der Waals surface area contributed by atoms with Gasteiger partial charge in [0.1, 0.15) is 0 Å². The third kappa shape index (κ3) is 3.16. The lowest BCUT2D eigenvalue weighted by molar-refractivity contribution is -0.385. The van der Waals surface area contributed by atoms with Gasteiger partial charge in [-0.05, 0) is 40.0 Å². The number of methoxy groups -OCH3 is 1. The highest BCUT2D eigenvalue weighted by Gasteiger charge is 2.18. The molecule has 0 aliphatic carbocycles. The molecule has 0 aromatic heterocycles. The second kappa shape index (κ2) is 5.77. The van der Waals surface area contributed by atoms with Crippen molar-refractivity contribution in [2.75, 3.05) is 7.11 Å². The number of nitro groups is 1. The Kier molecular flexibility index (Phi) is 4.61. The highest BCUT2D eigenvalue weighted by Crippen LogP contribution is 2.31. The van der Waals surface area contributed by atoms with Crippen LogP contribution in [0.3, 0.4) is 0 Å². The largest absolute Gasteiger partial charge is 0.469 e. The molecule has 0 spiro atoms. The highest BCUT2D eigenvalue weighted by atomic mass is 79.9. The van der Waals surface area contributed by atoms with Crippen molar-refractivity contribution in [3.63, 3.8) is 0 Å². The standard InChI is InChI=1S/C12H12BrNO4/c1-7(2)9-6-10(13)11(14(16)17)4-8(9)5-12(15)18-3/h4,6H,1,5H2,2-3H3. The van der Waals surface area contributed by atoms with Crippen molar-refractivity contribution in [3.8, 4) is 0 Å². The van der Waals surface area contributed by atoms with Crippen molar-refractivity contribution >= 4 is 33.2 Å². The smallest absolute Gasteiger partial charge is 0.310 e. The van der Waals surface area contributed by atoms with Crippen molar-refractivity contribution in [1.82, 2.24) is 0 Å². The molecule has 0 unspecified atom stereocenters. The van der Waals surface area contributed by atoms with E-state index in [1.807, 2.05) is 0 Å². The van der Waals surface area contributed by atoms with E-state index in [4.69, 9.17) is 0 Å². The van der Waals surface area contributed by atoms with Crippen LogP contribution in [0.1, 0.15) is 18.1 Å². The third-order valence-corrected chi connectivity index (χ3v) is 3.03. The summed E-state index contributed by atoms with van der Waals surface area (Å²) in [5, 5.41) is 10.8. The molecule has 0 aliphatic heterocycles. The quantitative estimate of drug-likeness (QED) is 0.486. The summed E-state index contributed by atoms with van der Waals surface area (Å²) < 4.78 is 4.93. The Labute approximate surface area is 113 Å². The predicted molar refractivity (Wildman–Crippen MR) is 71.2 cm³/mol. The number of nitro benzene ring substituents is 1. The number of allylic oxidation sites excluding steroid dienone is 1. The molecule has 0 bridgehead atoms. The van der Waals surface area contributed by atoms with Crippen molar-refractivity contribution in [1.29, 1.82) is 0 Å². The van der Waals surface area contributed by atoms with E-state index < -0.39 is 10.9 Å². The summed E-state index contributed by atoms with van der Waals surface area (Å²) in [4.78, 5) is 21.6. The molecule has 0 atom stereocenters. The van der Waals surface area contributed by atoms with E-state index in [9.17, 15) is 14.9 Å². The molecule has 96 valence electrons. The monoisotopic (exact) mass is 313 g/mol. The van der Waals surface area contributed by atoms with Crippen LogP contribution in [0.15, 0.2) is 23.2 Å². The van der Waals surface area contributed by atoms with Gasteiger partial charge in [-0.25, -0.2) is 0 Å². The van der Waals surface area contributed by atoms with Gasteiger partial charge in [0.2, 0.25) is 0 Å². The Balaban J connectivity index is 3.35. The molecule has 5 nitrogen and oxygen atoms in total. The summed E-state index contributed by atoms with van der Waals surface area (Å²) in [6.07, 6.45) is -0.0210. The van der Waals surface area contributed by atoms with Gasteiger partial charge >= 0.3 is 5.97 Å². The predicted octanol–water partition coefficient (Wildman–Crippen LogP) is 3.11. The van der Waals surface area contributed by atoms with Crippen LogP contribution in [0.4, 0.5) is 5.69 Å². The highest BCUT2D eigenvalue weighted by molar-refractivity contribution is 9.10. The Morgan fingerprint density at radius 1 is 1.56 bits per heavy atom. The molecular formula is C12H12BrNO4. The maximum absolute atomic E-state index is 11.3. The zero-order valence-corrected chi connectivity index (χ0v) is 11.6. The van der Waals surface area contributed by atoms with Crippen molar-refractivity contribution in [2.24, 2.45) is 0 Å². The van der Waals surface area contributed by atoms with Crippen molar-refractivity contribution < 1.29 is 14.5 Å². The number of hydrogen-bond acceptors (Lipinski definition) is 4. The fourth-order valence-electron chi connectivity index (χ4n) is 1.52. The van der Waals surface area contributed by atoms with Crippen LogP contribution in [0.25, 0.3) is 5.57 Å². The van der Waals surface area contributed by atoms with Crippen molar-refractivity contribution in [2.45, 2.75) is 13.3 Å². The molecule has 0 saturated heterocycles. The van der Waals surface area contributed by atoms with E-state index in [1.54, 1.807) is 13.0 Å². The summed E-state index contributed by atoms with van der Waals surface area (Å²) in [7, 11) is 1.27. The molecule has 6 heteroatoms. The molecule has 0 fully saturated rings. The van der Waals surface area contributed by atoms with Gasteiger partial charge in [-0.1, -0.05) is 12.2 Å². The molecule has 0 aliphatic rings. The lowest BCUT2D eigenvalue weighted by Gasteiger charge is -2.09. The van der Waals surface area contributed by atoms with Crippen LogP contribution in [0, 0.1) is 10.1 Å². The number of carbonyl (C=O) groups is 1. The molecule has 1 rings (SSSR count). The average molecular weight is 314 g/mol. The van der Waals surface area contributed by atoms with E-state index in [-0.39, 0.29) is 12.1 Å². The molecule has 0 saturated carbocycles. The Morgan fingerprint density at radius 2 is 2.17 bits per heavy atom. The average Bonchev–Trinajstić information content (AvgIpc) is 2.29. The fourth-order valence-corrected chi connectivity index (χ4v) is 2.00. The first-order valence-corrected chi connectivity index (χ1v) is 5.85. The van der Waals surface area contributed by atoms with Crippen LogP contribution in [0.2, 0.25) is 0 Å². The number of carbonyl (C=O) groups excluding carboxylic acids is 1. The van der Waals surface area contributed by atoms with Gasteiger partial charge in [-0.2, -0.15) is 0 Å². The minimum absolute atomic E-state index is 0.0210. The lowest BCUT2D eigenvalue weighted by atomic mass is 9.99. The summed E-state index contributed by atoms with van der Waals surface area (Å²) in [6.45, 7) is 5.56. The van der Waals surface area contributed by atoms with Gasteiger partial charge in [0.05, 0.1) is 22.9 Å². The number of rotatable bonds is 4. The molecule has 18 heavy (non-hydrogen) atoms. The van der Waals surface area contributed by atoms with Gasteiger partial charge in [0.25, 0.3) is 5.69 Å². The number of ether oxygens (including phenoxy) is 1. The maximum atomic E-state index is 11.3. The zero-order chi connectivity index (χ0) is 13.9. The van der Waals surface area contributed by atoms with E-state index in [2.05, 4.69) is 27.2 Å². The summed E-state index contributed by atoms with van der Waals surface area (Å²) in [5.41, 5.74) is 1.88. The lowest BCUT2D eigenvalue weighted by Crippen LogP contribution is -2.07. The SMILES string of the molecule is C=C(C)c1cc(Br)c([N+](=O)[O-])cc1CC(=O)OC. The number of benzene rings is 1. The van der Waals surface area contributed by atoms with Gasteiger partial charge in [-0.3, -0.25) is 14.9 Å². The zero-order valence-electron chi connectivity index (χ0n) is 10.0. The molecular weight excluding hydrogens is 302 g/mol. The summed E-state index contributed by atoms with van der Waals surface area (Å²) >= 11 is 3.13. The van der Waals surface area contributed by atoms with E-state index in [0.29, 0.717) is 15.6 Å². The summed E-state index contributed by atoms with van der Waals surface area (Å²) in [5.74, 6) is -0.450. The number of halogens is 1. The second-order valence-corrected chi connectivity index (χ2v) is 4.61. The van der Waals surface area contributed by atoms with E-state index in [1.165, 1.54) is 13.2 Å². The molecule has 0 heterocycles. The van der Waals surface area contributed by atoms with Gasteiger partial charge in [0.15, 0.2) is 0 Å². The Hall–Kier alpha value is -1.69. The minimum Gasteiger partial charge on any atom is -0.469 e. The molecule has 1 aromatic rings. The minimum atomic E-state index is -0.507. The number of esters is 1. The normalized spacial score (nSPS) is 9.94. The first-order valence-electron chi connectivity index (χ1n) is 5.06. The molecule has 0 amide bonds. The Morgan fingerprint density at radius 3 is 2.61 bits per heavy atom. The van der Waals surface area contributed by atoms with Crippen LogP contribution in [-0.2, 0) is 16.0 Å². The third-order valence-electron chi connectivity index (χ3n) is 2.39. The second-order valence-electron chi connectivity index (χ2n) is 3.75. The first-order chi connectivity index (χ1) is 8.36. The summed E-state index contributed by atoms with van der Waals surface area (Å²) in [6, 6.07) is 2.96. The van der Waals surface area contributed by atoms with Crippen LogP contribution >= 0.6 is 15.9 Å². The van der Waals surface area contributed by atoms with E-state index >= 15 is 0 Å². The Bertz CT molecular complexity index is 525. The maximum Gasteiger partial charge on any atom is 0.310 e. The fraction of sp³-hybridized carbons (Fsp3) is 0.250. The van der Waals surface area contributed by atoms with Gasteiger partial charge in [0, 0.05) is 6.07 Å². The van der Waals surface area contributed by atoms with Crippen LogP contribution in [-0.4, -0.2) is 18.0 Å². The van der Waals surface area contributed by atoms with Crippen molar-refractivity contribution in [3.05, 3.63) is 44.4 Å². The van der Waals surface area contributed by atoms with Gasteiger partial charge < -0.3 is 4.74 Å². The number of hydrogen-bond donors (Lipinski definition) is 0. The van der Waals surface area contributed by atoms with E-state index in [0.717, 1.165) is 5.57 Å². The molecule has 0 N–H and O–H groups in total. The first kappa shape index (κ1) is 14.4. The van der Waals surface area contributed by atoms with Crippen LogP contribution < -0.4 is 0 Å². The molecule has 1 aromatic carbocycles. The number of nitrogens with zero attached hydrogens (tertiary/aromatic N) is 1. The van der Waals surface area contributed by atoms with Crippen LogP contribution in [0.5, 0.6) is 0 Å². The molecule has 0 radical (unpaired) electrons. The topological polar surface area (TPSA) is 69.4 Å². The van der Waals surface area contributed by atoms with Gasteiger partial charge in [-0.15, -0.1) is 0 Å².